The van der Waals surface area contributed by atoms with Crippen LogP contribution in [0.2, 0.25) is 0 Å². The molecule has 0 amide bonds. The van der Waals surface area contributed by atoms with E-state index >= 15 is 0 Å². The van der Waals surface area contributed by atoms with Gasteiger partial charge in [0.2, 0.25) is 0 Å². The van der Waals surface area contributed by atoms with Gasteiger partial charge < -0.3 is 9.67 Å². The number of benzene rings is 3. The smallest absolute Gasteiger partial charge is 0.335 e. The molecule has 1 aliphatic heterocycles. The van der Waals surface area contributed by atoms with Crippen molar-refractivity contribution in [2.45, 2.75) is 6.54 Å². The molecule has 0 unspecified atom stereocenters. The molecule has 0 radical (unpaired) electrons. The van der Waals surface area contributed by atoms with Crippen molar-refractivity contribution >= 4 is 16.9 Å². The van der Waals surface area contributed by atoms with Gasteiger partial charge in [0.15, 0.2) is 0 Å². The minimum atomic E-state index is -0.894. The Morgan fingerprint density at radius 1 is 0.920 bits per heavy atom. The lowest BCUT2D eigenvalue weighted by molar-refractivity contribution is 0.0697. The van der Waals surface area contributed by atoms with Crippen LogP contribution in [0.15, 0.2) is 72.8 Å². The first-order valence-electron chi connectivity index (χ1n) is 8.27. The summed E-state index contributed by atoms with van der Waals surface area (Å²) in [5.74, 6) is -0.894. The Kier molecular flexibility index (Phi) is 2.86. The maximum Gasteiger partial charge on any atom is 0.335 e. The summed E-state index contributed by atoms with van der Waals surface area (Å²) in [6.07, 6.45) is 0. The molecular weight excluding hydrogens is 310 g/mol. The highest BCUT2D eigenvalue weighted by Crippen LogP contribution is 2.45. The molecular formula is C22H15NO2. The number of hydrogen-bond acceptors (Lipinski definition) is 1. The molecule has 1 aliphatic rings. The number of hydrogen-bond donors (Lipinski definition) is 1. The van der Waals surface area contributed by atoms with E-state index in [1.54, 1.807) is 12.1 Å². The Morgan fingerprint density at radius 3 is 2.48 bits per heavy atom. The average Bonchev–Trinajstić information content (AvgIpc) is 3.16. The summed E-state index contributed by atoms with van der Waals surface area (Å²) in [5.41, 5.74) is 7.32. The summed E-state index contributed by atoms with van der Waals surface area (Å²) in [4.78, 5) is 11.4. The highest BCUT2D eigenvalue weighted by molar-refractivity contribution is 6.07. The predicted molar refractivity (Wildman–Crippen MR) is 98.9 cm³/mol. The van der Waals surface area contributed by atoms with Crippen molar-refractivity contribution in [1.29, 1.82) is 0 Å². The van der Waals surface area contributed by atoms with Crippen molar-refractivity contribution < 1.29 is 9.90 Å². The lowest BCUT2D eigenvalue weighted by Crippen LogP contribution is -1.97. The van der Waals surface area contributed by atoms with Crippen LogP contribution in [0.5, 0.6) is 0 Å². The van der Waals surface area contributed by atoms with E-state index in [2.05, 4.69) is 41.0 Å². The summed E-state index contributed by atoms with van der Waals surface area (Å²) < 4.78 is 2.24. The number of rotatable bonds is 2. The zero-order valence-corrected chi connectivity index (χ0v) is 13.4. The Labute approximate surface area is 144 Å². The average molecular weight is 325 g/mol. The van der Waals surface area contributed by atoms with Gasteiger partial charge in [0.25, 0.3) is 0 Å². The molecule has 3 heteroatoms. The van der Waals surface area contributed by atoms with E-state index < -0.39 is 5.97 Å². The Balaban J connectivity index is 1.91. The molecule has 0 saturated heterocycles. The number of carbonyl (C=O) groups is 1. The molecule has 3 aromatic carbocycles. The van der Waals surface area contributed by atoms with Gasteiger partial charge in [-0.1, -0.05) is 60.7 Å². The van der Waals surface area contributed by atoms with Gasteiger partial charge in [-0.05, 0) is 23.3 Å². The van der Waals surface area contributed by atoms with Crippen LogP contribution in [0.1, 0.15) is 15.9 Å². The van der Waals surface area contributed by atoms with Crippen LogP contribution in [0.25, 0.3) is 33.3 Å². The van der Waals surface area contributed by atoms with Crippen LogP contribution < -0.4 is 0 Å². The van der Waals surface area contributed by atoms with Gasteiger partial charge in [0.1, 0.15) is 0 Å². The molecule has 0 fully saturated rings. The van der Waals surface area contributed by atoms with E-state index in [1.807, 2.05) is 24.3 Å². The largest absolute Gasteiger partial charge is 0.478 e. The highest BCUT2D eigenvalue weighted by atomic mass is 16.4. The molecule has 1 N–H and O–H groups in total. The van der Waals surface area contributed by atoms with Crippen molar-refractivity contribution in [2.75, 3.05) is 0 Å². The summed E-state index contributed by atoms with van der Waals surface area (Å²) in [6.45, 7) is 0.776. The SMILES string of the molecule is O=C(O)c1ccc2c(-c3ccccc3)c3n(c2c1)Cc1ccccc1-3. The Hall–Kier alpha value is -3.33. The molecule has 0 bridgehead atoms. The van der Waals surface area contributed by atoms with Gasteiger partial charge in [-0.25, -0.2) is 4.79 Å². The molecule has 0 saturated carbocycles. The minimum Gasteiger partial charge on any atom is -0.478 e. The first kappa shape index (κ1) is 14.1. The summed E-state index contributed by atoms with van der Waals surface area (Å²) in [7, 11) is 0. The number of fused-ring (bicyclic) bond motifs is 5. The molecule has 120 valence electrons. The maximum absolute atomic E-state index is 11.4. The zero-order chi connectivity index (χ0) is 17.0. The van der Waals surface area contributed by atoms with Gasteiger partial charge in [-0.2, -0.15) is 0 Å². The van der Waals surface area contributed by atoms with Gasteiger partial charge in [-0.3, -0.25) is 0 Å². The predicted octanol–water partition coefficient (Wildman–Crippen LogP) is 5.04. The van der Waals surface area contributed by atoms with Crippen LogP contribution in [0.3, 0.4) is 0 Å². The van der Waals surface area contributed by atoms with Crippen molar-refractivity contribution in [3.8, 4) is 22.4 Å². The van der Waals surface area contributed by atoms with Crippen molar-refractivity contribution in [2.24, 2.45) is 0 Å². The molecule has 4 aromatic rings. The third-order valence-electron chi connectivity index (χ3n) is 4.97. The third kappa shape index (κ3) is 1.96. The van der Waals surface area contributed by atoms with Crippen molar-refractivity contribution in [1.82, 2.24) is 4.57 Å². The maximum atomic E-state index is 11.4. The molecule has 0 aliphatic carbocycles. The monoisotopic (exact) mass is 325 g/mol. The fourth-order valence-corrected chi connectivity index (χ4v) is 3.88. The van der Waals surface area contributed by atoms with Crippen LogP contribution in [-0.4, -0.2) is 15.6 Å². The number of aromatic carboxylic acids is 1. The second kappa shape index (κ2) is 5.08. The lowest BCUT2D eigenvalue weighted by atomic mass is 9.96. The summed E-state index contributed by atoms with van der Waals surface area (Å²) in [6, 6.07) is 24.1. The molecule has 25 heavy (non-hydrogen) atoms. The highest BCUT2D eigenvalue weighted by Gasteiger charge is 2.26. The number of aromatic nitrogens is 1. The number of carboxylic acid groups (broad SMARTS) is 1. The second-order valence-electron chi connectivity index (χ2n) is 6.37. The van der Waals surface area contributed by atoms with Crippen molar-refractivity contribution in [3.05, 3.63) is 83.9 Å². The Bertz CT molecular complexity index is 1140. The zero-order valence-electron chi connectivity index (χ0n) is 13.4. The number of nitrogens with zero attached hydrogens (tertiary/aromatic N) is 1. The molecule has 0 atom stereocenters. The van der Waals surface area contributed by atoms with E-state index in [4.69, 9.17) is 0 Å². The van der Waals surface area contributed by atoms with Gasteiger partial charge in [-0.15, -0.1) is 0 Å². The Morgan fingerprint density at radius 2 is 1.68 bits per heavy atom. The molecule has 3 nitrogen and oxygen atoms in total. The van der Waals surface area contributed by atoms with Crippen LogP contribution in [0, 0.1) is 0 Å². The fraction of sp³-hybridized carbons (Fsp3) is 0.0455. The van der Waals surface area contributed by atoms with E-state index in [0.29, 0.717) is 5.56 Å². The first-order chi connectivity index (χ1) is 12.2. The third-order valence-corrected chi connectivity index (χ3v) is 4.97. The normalized spacial score (nSPS) is 12.2. The lowest BCUT2D eigenvalue weighted by Gasteiger charge is -2.05. The molecule has 5 rings (SSSR count). The molecule has 0 spiro atoms. The van der Waals surface area contributed by atoms with Crippen LogP contribution in [0.4, 0.5) is 0 Å². The standard InChI is InChI=1S/C22H15NO2/c24-22(25)15-10-11-18-19(12-15)23-13-16-8-4-5-9-17(16)21(23)20(18)14-6-2-1-3-7-14/h1-12H,13H2,(H,24,25). The number of carboxylic acids is 1. The quantitative estimate of drug-likeness (QED) is 0.494. The topological polar surface area (TPSA) is 42.2 Å². The van der Waals surface area contributed by atoms with E-state index in [-0.39, 0.29) is 0 Å². The summed E-state index contributed by atoms with van der Waals surface area (Å²) >= 11 is 0. The van der Waals surface area contributed by atoms with Crippen molar-refractivity contribution in [3.63, 3.8) is 0 Å². The fourth-order valence-electron chi connectivity index (χ4n) is 3.88. The van der Waals surface area contributed by atoms with Crippen LogP contribution in [-0.2, 0) is 6.54 Å². The second-order valence-corrected chi connectivity index (χ2v) is 6.37. The summed E-state index contributed by atoms with van der Waals surface area (Å²) in [5, 5.41) is 10.5. The van der Waals surface area contributed by atoms with Gasteiger partial charge >= 0.3 is 5.97 Å². The minimum absolute atomic E-state index is 0.323. The first-order valence-corrected chi connectivity index (χ1v) is 8.27. The van der Waals surface area contributed by atoms with Gasteiger partial charge in [0, 0.05) is 23.1 Å². The molecule has 2 heterocycles. The van der Waals surface area contributed by atoms with Crippen LogP contribution >= 0.6 is 0 Å². The molecule has 1 aromatic heterocycles. The van der Waals surface area contributed by atoms with E-state index in [1.165, 1.54) is 22.4 Å². The van der Waals surface area contributed by atoms with E-state index in [9.17, 15) is 9.90 Å². The van der Waals surface area contributed by atoms with Gasteiger partial charge in [0.05, 0.1) is 16.8 Å². The van der Waals surface area contributed by atoms with E-state index in [0.717, 1.165) is 23.0 Å².